The highest BCUT2D eigenvalue weighted by atomic mass is 32.2. The van der Waals surface area contributed by atoms with Gasteiger partial charge in [0, 0.05) is 25.7 Å². The first-order chi connectivity index (χ1) is 14.2. The average molecular weight is 444 g/mol. The molecule has 2 aliphatic rings. The van der Waals surface area contributed by atoms with Crippen molar-refractivity contribution in [2.75, 3.05) is 37.7 Å². The Kier molecular flexibility index (Phi) is 8.75. The predicted molar refractivity (Wildman–Crippen MR) is 110 cm³/mol. The number of hydrogen-bond acceptors (Lipinski definition) is 6. The number of carboxylic acids is 1. The number of rotatable bonds is 7. The van der Waals surface area contributed by atoms with E-state index in [9.17, 15) is 24.0 Å². The lowest BCUT2D eigenvalue weighted by Crippen LogP contribution is -2.65. The Morgan fingerprint density at radius 1 is 1.23 bits per heavy atom. The third-order valence-electron chi connectivity index (χ3n) is 4.76. The molecule has 168 valence electrons. The molecule has 0 bridgehead atoms. The van der Waals surface area contributed by atoms with Crippen molar-refractivity contribution in [2.24, 2.45) is 0 Å². The summed E-state index contributed by atoms with van der Waals surface area (Å²) in [4.78, 5) is 63.5. The van der Waals surface area contributed by atoms with E-state index in [2.05, 4.69) is 16.0 Å². The smallest absolute Gasteiger partial charge is 0.317 e. The second kappa shape index (κ2) is 11.0. The third-order valence-corrected chi connectivity index (χ3v) is 5.66. The van der Waals surface area contributed by atoms with E-state index in [1.165, 1.54) is 9.80 Å². The van der Waals surface area contributed by atoms with Gasteiger partial charge in [-0.05, 0) is 26.7 Å². The molecule has 2 rings (SSSR count). The predicted octanol–water partition coefficient (Wildman–Crippen LogP) is -1.17. The zero-order chi connectivity index (χ0) is 22.3. The Hall–Kier alpha value is -2.50. The molecular weight excluding hydrogens is 414 g/mol. The van der Waals surface area contributed by atoms with Crippen LogP contribution in [0.1, 0.15) is 26.7 Å². The SMILES string of the molecule is CC(C)NC(=O)N1CCN(C(=O)CSCC(=O)O)C(C(=O)NC2CCCNC2=O)C1. The Balaban J connectivity index is 2.09. The van der Waals surface area contributed by atoms with Crippen molar-refractivity contribution < 1.29 is 29.1 Å². The lowest BCUT2D eigenvalue weighted by molar-refractivity contribution is -0.142. The Labute approximate surface area is 179 Å². The fraction of sp³-hybridized carbons (Fsp3) is 0.722. The number of carboxylic acid groups (broad SMARTS) is 1. The maximum absolute atomic E-state index is 13.0. The quantitative estimate of drug-likeness (QED) is 0.387. The van der Waals surface area contributed by atoms with Crippen LogP contribution in [0.25, 0.3) is 0 Å². The molecule has 11 nitrogen and oxygen atoms in total. The maximum atomic E-state index is 13.0. The van der Waals surface area contributed by atoms with Gasteiger partial charge >= 0.3 is 12.0 Å². The minimum Gasteiger partial charge on any atom is -0.481 e. The van der Waals surface area contributed by atoms with Gasteiger partial charge < -0.3 is 30.9 Å². The summed E-state index contributed by atoms with van der Waals surface area (Å²) in [6, 6.07) is -2.04. The first kappa shape index (κ1) is 23.8. The summed E-state index contributed by atoms with van der Waals surface area (Å²) in [6.45, 7) is 4.60. The molecule has 2 fully saturated rings. The van der Waals surface area contributed by atoms with Gasteiger partial charge in [0.2, 0.25) is 17.7 Å². The Morgan fingerprint density at radius 3 is 2.60 bits per heavy atom. The van der Waals surface area contributed by atoms with Gasteiger partial charge in [0.25, 0.3) is 0 Å². The molecule has 30 heavy (non-hydrogen) atoms. The summed E-state index contributed by atoms with van der Waals surface area (Å²) >= 11 is 0.949. The Bertz CT molecular complexity index is 688. The van der Waals surface area contributed by atoms with Crippen LogP contribution in [0.2, 0.25) is 0 Å². The summed E-state index contributed by atoms with van der Waals surface area (Å²) in [5.41, 5.74) is 0. The van der Waals surface area contributed by atoms with Crippen LogP contribution in [0, 0.1) is 0 Å². The summed E-state index contributed by atoms with van der Waals surface area (Å²) in [5.74, 6) is -2.48. The van der Waals surface area contributed by atoms with Gasteiger partial charge in [0.1, 0.15) is 12.1 Å². The standard InChI is InChI=1S/C18H29N5O6S/c1-11(2)20-18(29)22-6-7-23(14(24)9-30-10-15(25)26)13(8-22)17(28)21-12-4-3-5-19-16(12)27/h11-13H,3-10H2,1-2H3,(H,19,27)(H,20,29)(H,21,28)(H,25,26). The van der Waals surface area contributed by atoms with Gasteiger partial charge in [-0.3, -0.25) is 19.2 Å². The highest BCUT2D eigenvalue weighted by molar-refractivity contribution is 8.00. The van der Waals surface area contributed by atoms with E-state index in [-0.39, 0.29) is 55.0 Å². The van der Waals surface area contributed by atoms with Crippen LogP contribution >= 0.6 is 11.8 Å². The highest BCUT2D eigenvalue weighted by Gasteiger charge is 2.38. The van der Waals surface area contributed by atoms with E-state index in [4.69, 9.17) is 5.11 Å². The van der Waals surface area contributed by atoms with E-state index in [1.54, 1.807) is 0 Å². The molecule has 0 saturated carbocycles. The monoisotopic (exact) mass is 443 g/mol. The molecule has 4 N–H and O–H groups in total. The van der Waals surface area contributed by atoms with Crippen molar-refractivity contribution in [3.05, 3.63) is 0 Å². The average Bonchev–Trinajstić information content (AvgIpc) is 2.68. The number of amides is 5. The molecule has 0 radical (unpaired) electrons. The minimum absolute atomic E-state index is 0.00589. The van der Waals surface area contributed by atoms with Crippen molar-refractivity contribution in [2.45, 2.75) is 44.8 Å². The number of piperazine rings is 1. The molecule has 2 atom stereocenters. The maximum Gasteiger partial charge on any atom is 0.317 e. The summed E-state index contributed by atoms with van der Waals surface area (Å²) < 4.78 is 0. The van der Waals surface area contributed by atoms with Crippen LogP contribution in [0.4, 0.5) is 4.79 Å². The van der Waals surface area contributed by atoms with Gasteiger partial charge in [-0.15, -0.1) is 11.8 Å². The van der Waals surface area contributed by atoms with Crippen LogP contribution in [0.15, 0.2) is 0 Å². The molecule has 0 aromatic heterocycles. The second-order valence-corrected chi connectivity index (χ2v) is 8.52. The molecule has 0 spiro atoms. The molecule has 5 amide bonds. The molecule has 0 aromatic rings. The van der Waals surface area contributed by atoms with Crippen LogP contribution in [0.5, 0.6) is 0 Å². The number of nitrogens with zero attached hydrogens (tertiary/aromatic N) is 2. The molecule has 2 heterocycles. The molecule has 2 aliphatic heterocycles. The lowest BCUT2D eigenvalue weighted by atomic mass is 10.1. The van der Waals surface area contributed by atoms with Gasteiger partial charge in [-0.2, -0.15) is 0 Å². The molecule has 2 saturated heterocycles. The van der Waals surface area contributed by atoms with Crippen LogP contribution < -0.4 is 16.0 Å². The molecule has 0 aliphatic carbocycles. The van der Waals surface area contributed by atoms with E-state index in [1.807, 2.05) is 13.8 Å². The first-order valence-corrected chi connectivity index (χ1v) is 11.1. The molecular formula is C18H29N5O6S. The van der Waals surface area contributed by atoms with Crippen LogP contribution in [-0.4, -0.2) is 100 Å². The fourth-order valence-corrected chi connectivity index (χ4v) is 3.93. The molecule has 2 unspecified atom stereocenters. The first-order valence-electron chi connectivity index (χ1n) is 9.91. The van der Waals surface area contributed by atoms with Crippen molar-refractivity contribution in [3.8, 4) is 0 Å². The molecule has 0 aromatic carbocycles. The number of piperidine rings is 1. The van der Waals surface area contributed by atoms with Gasteiger partial charge in [0.05, 0.1) is 18.1 Å². The van der Waals surface area contributed by atoms with Gasteiger partial charge in [0.15, 0.2) is 0 Å². The van der Waals surface area contributed by atoms with E-state index < -0.39 is 24.0 Å². The zero-order valence-corrected chi connectivity index (χ0v) is 18.0. The fourth-order valence-electron chi connectivity index (χ4n) is 3.31. The van der Waals surface area contributed by atoms with E-state index in [0.717, 1.165) is 18.2 Å². The van der Waals surface area contributed by atoms with Crippen molar-refractivity contribution in [1.82, 2.24) is 25.8 Å². The van der Waals surface area contributed by atoms with Crippen LogP contribution in [-0.2, 0) is 19.2 Å². The van der Waals surface area contributed by atoms with Gasteiger partial charge in [-0.25, -0.2) is 4.79 Å². The topological polar surface area (TPSA) is 148 Å². The van der Waals surface area contributed by atoms with E-state index in [0.29, 0.717) is 13.0 Å². The number of carbonyl (C=O) groups excluding carboxylic acids is 4. The minimum atomic E-state index is -1.03. The lowest BCUT2D eigenvalue weighted by Gasteiger charge is -2.41. The number of aliphatic carboxylic acids is 1. The third kappa shape index (κ3) is 6.78. The summed E-state index contributed by atoms with van der Waals surface area (Å²) in [7, 11) is 0. The normalized spacial score (nSPS) is 21.8. The van der Waals surface area contributed by atoms with Crippen molar-refractivity contribution in [3.63, 3.8) is 0 Å². The van der Waals surface area contributed by atoms with Crippen molar-refractivity contribution in [1.29, 1.82) is 0 Å². The summed E-state index contributed by atoms with van der Waals surface area (Å²) in [5, 5.41) is 16.9. The van der Waals surface area contributed by atoms with Gasteiger partial charge in [-0.1, -0.05) is 0 Å². The zero-order valence-electron chi connectivity index (χ0n) is 17.2. The second-order valence-electron chi connectivity index (χ2n) is 7.53. The number of nitrogens with one attached hydrogen (secondary N) is 3. The van der Waals surface area contributed by atoms with Crippen molar-refractivity contribution >= 4 is 41.5 Å². The summed E-state index contributed by atoms with van der Waals surface area (Å²) in [6.07, 6.45) is 1.24. The van der Waals surface area contributed by atoms with E-state index >= 15 is 0 Å². The number of carbonyl (C=O) groups is 5. The number of thioether (sulfide) groups is 1. The largest absolute Gasteiger partial charge is 0.481 e. The highest BCUT2D eigenvalue weighted by Crippen LogP contribution is 2.15. The van der Waals surface area contributed by atoms with Crippen LogP contribution in [0.3, 0.4) is 0 Å². The Morgan fingerprint density at radius 2 is 1.97 bits per heavy atom. The number of urea groups is 1. The molecule has 12 heteroatoms. The number of hydrogen-bond donors (Lipinski definition) is 4.